The third-order valence-corrected chi connectivity index (χ3v) is 5.50. The van der Waals surface area contributed by atoms with Gasteiger partial charge in [0.2, 0.25) is 0 Å². The number of carbonyl (C=O) groups is 2. The van der Waals surface area contributed by atoms with E-state index in [1.54, 1.807) is 30.3 Å². The number of benzene rings is 3. The maximum atomic E-state index is 13.2. The number of esters is 1. The molecule has 0 aliphatic carbocycles. The largest absolute Gasteiger partial charge is 0.457 e. The molecule has 0 amide bonds. The first-order valence-electron chi connectivity index (χ1n) is 9.62. The van der Waals surface area contributed by atoms with Gasteiger partial charge in [0.15, 0.2) is 11.4 Å². The van der Waals surface area contributed by atoms with Crippen LogP contribution in [0.2, 0.25) is 0 Å². The van der Waals surface area contributed by atoms with Crippen LogP contribution >= 0.6 is 0 Å². The highest BCUT2D eigenvalue weighted by atomic mass is 16.6. The molecule has 0 saturated carbocycles. The molecule has 2 aliphatic rings. The van der Waals surface area contributed by atoms with Gasteiger partial charge in [-0.05, 0) is 42.9 Å². The summed E-state index contributed by atoms with van der Waals surface area (Å²) in [5.74, 6) is 0.747. The summed E-state index contributed by atoms with van der Waals surface area (Å²) in [5.41, 5.74) is 1.44. The van der Waals surface area contributed by atoms with E-state index in [4.69, 9.17) is 9.47 Å². The Morgan fingerprint density at radius 1 is 0.931 bits per heavy atom. The van der Waals surface area contributed by atoms with Crippen LogP contribution in [0.5, 0.6) is 11.5 Å². The summed E-state index contributed by atoms with van der Waals surface area (Å²) in [7, 11) is 0. The van der Waals surface area contributed by atoms with Gasteiger partial charge in [-0.3, -0.25) is 4.79 Å². The van der Waals surface area contributed by atoms with Crippen LogP contribution in [0.1, 0.15) is 38.3 Å². The third-order valence-electron chi connectivity index (χ3n) is 5.50. The number of para-hydroxylation sites is 1. The predicted octanol–water partition coefficient (Wildman–Crippen LogP) is 4.07. The smallest absolute Gasteiger partial charge is 0.340 e. The van der Waals surface area contributed by atoms with E-state index in [2.05, 4.69) is 5.32 Å². The highest BCUT2D eigenvalue weighted by molar-refractivity contribution is 6.15. The summed E-state index contributed by atoms with van der Waals surface area (Å²) < 4.78 is 11.5. The number of hydrogen-bond acceptors (Lipinski definition) is 5. The molecule has 0 unspecified atom stereocenters. The Hall–Kier alpha value is -3.44. The molecule has 0 radical (unpaired) electrons. The number of nitrogens with one attached hydrogen (secondary N) is 1. The number of rotatable bonds is 4. The van der Waals surface area contributed by atoms with Crippen LogP contribution in [0, 0.1) is 0 Å². The van der Waals surface area contributed by atoms with E-state index in [1.807, 2.05) is 42.5 Å². The molecule has 5 heteroatoms. The van der Waals surface area contributed by atoms with Gasteiger partial charge in [-0.15, -0.1) is 0 Å². The molecule has 3 aromatic carbocycles. The molecule has 144 valence electrons. The summed E-state index contributed by atoms with van der Waals surface area (Å²) in [6, 6.07) is 21.8. The van der Waals surface area contributed by atoms with E-state index in [0.29, 0.717) is 29.0 Å². The molecule has 1 N–H and O–H groups in total. The van der Waals surface area contributed by atoms with Crippen molar-refractivity contribution in [1.82, 2.24) is 5.32 Å². The van der Waals surface area contributed by atoms with Gasteiger partial charge in [0.1, 0.15) is 11.5 Å². The molecule has 29 heavy (non-hydrogen) atoms. The molecule has 1 spiro atoms. The van der Waals surface area contributed by atoms with Crippen molar-refractivity contribution in [1.29, 1.82) is 0 Å². The van der Waals surface area contributed by atoms with Crippen LogP contribution in [0.3, 0.4) is 0 Å². The van der Waals surface area contributed by atoms with Crippen LogP contribution in [0.4, 0.5) is 0 Å². The Morgan fingerprint density at radius 3 is 2.41 bits per heavy atom. The van der Waals surface area contributed by atoms with Crippen LogP contribution in [-0.2, 0) is 10.3 Å². The minimum Gasteiger partial charge on any atom is -0.457 e. The van der Waals surface area contributed by atoms with Gasteiger partial charge in [-0.25, -0.2) is 4.79 Å². The Kier molecular flexibility index (Phi) is 4.18. The highest BCUT2D eigenvalue weighted by Gasteiger charge is 2.48. The summed E-state index contributed by atoms with van der Waals surface area (Å²) in [6.45, 7) is 1.36. The molecule has 1 saturated heterocycles. The topological polar surface area (TPSA) is 64.6 Å². The number of hydrogen-bond donors (Lipinski definition) is 1. The summed E-state index contributed by atoms with van der Waals surface area (Å²) >= 11 is 0. The molecule has 2 heterocycles. The predicted molar refractivity (Wildman–Crippen MR) is 107 cm³/mol. The van der Waals surface area contributed by atoms with Crippen molar-refractivity contribution in [3.8, 4) is 11.5 Å². The second-order valence-electron chi connectivity index (χ2n) is 7.31. The van der Waals surface area contributed by atoms with Gasteiger partial charge in [0, 0.05) is 29.7 Å². The quantitative estimate of drug-likeness (QED) is 0.542. The first kappa shape index (κ1) is 17.6. The molecular formula is C24H19NO4. The van der Waals surface area contributed by atoms with Crippen molar-refractivity contribution in [2.45, 2.75) is 12.0 Å². The van der Waals surface area contributed by atoms with Crippen LogP contribution in [-0.4, -0.2) is 24.8 Å². The Bertz CT molecular complexity index is 1080. The number of ketones is 1. The lowest BCUT2D eigenvalue weighted by Gasteiger charge is -2.21. The molecule has 5 rings (SSSR count). The van der Waals surface area contributed by atoms with Crippen molar-refractivity contribution in [3.63, 3.8) is 0 Å². The fraction of sp³-hybridized carbons (Fsp3) is 0.167. The second-order valence-corrected chi connectivity index (χ2v) is 7.31. The summed E-state index contributed by atoms with van der Waals surface area (Å²) in [4.78, 5) is 25.8. The average molecular weight is 385 g/mol. The first-order valence-corrected chi connectivity index (χ1v) is 9.62. The van der Waals surface area contributed by atoms with Crippen molar-refractivity contribution >= 4 is 11.8 Å². The van der Waals surface area contributed by atoms with Gasteiger partial charge in [0.05, 0.1) is 5.56 Å². The van der Waals surface area contributed by atoms with E-state index in [1.165, 1.54) is 0 Å². The van der Waals surface area contributed by atoms with Crippen molar-refractivity contribution in [2.75, 3.05) is 13.1 Å². The molecule has 1 atom stereocenters. The zero-order valence-corrected chi connectivity index (χ0v) is 15.7. The molecule has 0 aromatic heterocycles. The number of ether oxygens (including phenoxy) is 2. The zero-order chi connectivity index (χ0) is 19.8. The maximum absolute atomic E-state index is 13.2. The lowest BCUT2D eigenvalue weighted by Crippen LogP contribution is -2.28. The van der Waals surface area contributed by atoms with Crippen LogP contribution < -0.4 is 10.1 Å². The minimum atomic E-state index is -0.643. The van der Waals surface area contributed by atoms with Gasteiger partial charge in [-0.2, -0.15) is 0 Å². The monoisotopic (exact) mass is 385 g/mol. The van der Waals surface area contributed by atoms with E-state index in [-0.39, 0.29) is 5.78 Å². The Labute approximate surface area is 168 Å². The molecule has 1 fully saturated rings. The normalized spacial score (nSPS) is 19.8. The van der Waals surface area contributed by atoms with E-state index in [0.717, 1.165) is 24.3 Å². The lowest BCUT2D eigenvalue weighted by molar-refractivity contribution is 0.00159. The van der Waals surface area contributed by atoms with E-state index in [9.17, 15) is 9.59 Å². The SMILES string of the molecule is O=C(c1ccc(Oc2ccccc2)cc1)c1cccc2c1C(=O)O[C@]21CCNC1. The average Bonchev–Trinajstić information content (AvgIpc) is 3.34. The Balaban J connectivity index is 1.45. The summed E-state index contributed by atoms with van der Waals surface area (Å²) in [6.07, 6.45) is 0.717. The van der Waals surface area contributed by atoms with E-state index >= 15 is 0 Å². The lowest BCUT2D eigenvalue weighted by atomic mass is 9.87. The van der Waals surface area contributed by atoms with Gasteiger partial charge in [-0.1, -0.05) is 36.4 Å². The molecule has 3 aromatic rings. The van der Waals surface area contributed by atoms with Crippen molar-refractivity contribution in [2.24, 2.45) is 0 Å². The number of carbonyl (C=O) groups excluding carboxylic acids is 2. The maximum Gasteiger partial charge on any atom is 0.340 e. The minimum absolute atomic E-state index is 0.201. The molecule has 5 nitrogen and oxygen atoms in total. The van der Waals surface area contributed by atoms with Gasteiger partial charge >= 0.3 is 5.97 Å². The van der Waals surface area contributed by atoms with Gasteiger partial charge in [0.25, 0.3) is 0 Å². The number of fused-ring (bicyclic) bond motifs is 2. The second kappa shape index (κ2) is 6.87. The highest BCUT2D eigenvalue weighted by Crippen LogP contribution is 2.42. The van der Waals surface area contributed by atoms with E-state index < -0.39 is 11.6 Å². The fourth-order valence-electron chi connectivity index (χ4n) is 4.07. The zero-order valence-electron chi connectivity index (χ0n) is 15.7. The Morgan fingerprint density at radius 2 is 1.69 bits per heavy atom. The van der Waals surface area contributed by atoms with Crippen LogP contribution in [0.15, 0.2) is 72.8 Å². The molecule has 0 bridgehead atoms. The fourth-order valence-corrected chi connectivity index (χ4v) is 4.07. The standard InChI is InChI=1S/C24H19NO4/c26-22(16-9-11-18(12-10-16)28-17-5-2-1-3-6-17)19-7-4-8-20-21(19)23(27)29-24(20)13-14-25-15-24/h1-12,25H,13-15H2/t24-/m0/s1. The van der Waals surface area contributed by atoms with Crippen molar-refractivity contribution in [3.05, 3.63) is 95.1 Å². The van der Waals surface area contributed by atoms with Crippen LogP contribution in [0.25, 0.3) is 0 Å². The van der Waals surface area contributed by atoms with Crippen molar-refractivity contribution < 1.29 is 19.1 Å². The molecular weight excluding hydrogens is 366 g/mol. The van der Waals surface area contributed by atoms with Gasteiger partial charge < -0.3 is 14.8 Å². The summed E-state index contributed by atoms with van der Waals surface area (Å²) in [5, 5.41) is 3.25. The molecule has 2 aliphatic heterocycles. The third kappa shape index (κ3) is 3.00. The first-order chi connectivity index (χ1) is 14.2.